The monoisotopic (exact) mass is 170 g/mol. The van der Waals surface area contributed by atoms with Crippen LogP contribution in [-0.4, -0.2) is 36.6 Å². The molecule has 0 saturated carbocycles. The molecule has 0 aromatic carbocycles. The van der Waals surface area contributed by atoms with Gasteiger partial charge >= 0.3 is 0 Å². The fraction of sp³-hybridized carbons (Fsp3) is 1.00. The lowest BCUT2D eigenvalue weighted by atomic mass is 10.1. The summed E-state index contributed by atoms with van der Waals surface area (Å²) in [4.78, 5) is 2.60. The van der Waals surface area contributed by atoms with E-state index in [1.807, 2.05) is 0 Å². The summed E-state index contributed by atoms with van der Waals surface area (Å²) in [6, 6.07) is 1.46. The van der Waals surface area contributed by atoms with Crippen molar-refractivity contribution >= 4 is 0 Å². The Balaban J connectivity index is 2.29. The number of nitrogens with zero attached hydrogens (tertiary/aromatic N) is 1. The lowest BCUT2D eigenvalue weighted by molar-refractivity contribution is 0.151. The average Bonchev–Trinajstić information content (AvgIpc) is 2.05. The standard InChI is InChI=1S/C10H22N2/c1-4-5-10(3)12-7-6-11-9(2)8-12/h9-11H,4-8H2,1-3H3/t9-,10?/m1/s1. The predicted octanol–water partition coefficient (Wildman–Crippen LogP) is 1.47. The Kier molecular flexibility index (Phi) is 4.02. The van der Waals surface area contributed by atoms with Crippen LogP contribution in [0.3, 0.4) is 0 Å². The molecule has 1 unspecified atom stereocenters. The molecule has 0 aromatic heterocycles. The highest BCUT2D eigenvalue weighted by atomic mass is 15.2. The van der Waals surface area contributed by atoms with Crippen LogP contribution in [0.1, 0.15) is 33.6 Å². The summed E-state index contributed by atoms with van der Waals surface area (Å²) in [5, 5.41) is 3.47. The third-order valence-electron chi connectivity index (χ3n) is 2.73. The van der Waals surface area contributed by atoms with Gasteiger partial charge in [-0.2, -0.15) is 0 Å². The topological polar surface area (TPSA) is 15.3 Å². The third kappa shape index (κ3) is 2.76. The molecule has 2 nitrogen and oxygen atoms in total. The Hall–Kier alpha value is -0.0800. The van der Waals surface area contributed by atoms with Crippen molar-refractivity contribution in [2.75, 3.05) is 19.6 Å². The molecule has 1 rings (SSSR count). The van der Waals surface area contributed by atoms with E-state index < -0.39 is 0 Å². The Morgan fingerprint density at radius 2 is 2.33 bits per heavy atom. The molecule has 1 aliphatic rings. The van der Waals surface area contributed by atoms with E-state index in [-0.39, 0.29) is 0 Å². The van der Waals surface area contributed by atoms with Crippen LogP contribution < -0.4 is 5.32 Å². The third-order valence-corrected chi connectivity index (χ3v) is 2.73. The second-order valence-corrected chi connectivity index (χ2v) is 3.99. The Bertz CT molecular complexity index is 125. The van der Waals surface area contributed by atoms with E-state index in [0.717, 1.165) is 12.6 Å². The lowest BCUT2D eigenvalue weighted by Gasteiger charge is -2.36. The number of piperazine rings is 1. The molecule has 0 radical (unpaired) electrons. The molecule has 12 heavy (non-hydrogen) atoms. The summed E-state index contributed by atoms with van der Waals surface area (Å²) in [7, 11) is 0. The van der Waals surface area contributed by atoms with Gasteiger partial charge in [0.05, 0.1) is 0 Å². The smallest absolute Gasteiger partial charge is 0.0167 e. The first-order valence-electron chi connectivity index (χ1n) is 5.21. The average molecular weight is 170 g/mol. The van der Waals surface area contributed by atoms with Gasteiger partial charge in [-0.25, -0.2) is 0 Å². The van der Waals surface area contributed by atoms with Gasteiger partial charge in [0.25, 0.3) is 0 Å². The maximum atomic E-state index is 3.47. The predicted molar refractivity (Wildman–Crippen MR) is 53.4 cm³/mol. The SMILES string of the molecule is CCCC(C)N1CCN[C@H](C)C1. The van der Waals surface area contributed by atoms with Crippen molar-refractivity contribution < 1.29 is 0 Å². The summed E-state index contributed by atoms with van der Waals surface area (Å²) in [5.74, 6) is 0. The van der Waals surface area contributed by atoms with Crippen molar-refractivity contribution in [1.29, 1.82) is 0 Å². The van der Waals surface area contributed by atoms with Crippen LogP contribution in [0, 0.1) is 0 Å². The van der Waals surface area contributed by atoms with Crippen molar-refractivity contribution in [3.63, 3.8) is 0 Å². The maximum Gasteiger partial charge on any atom is 0.0167 e. The van der Waals surface area contributed by atoms with E-state index in [9.17, 15) is 0 Å². The first kappa shape index (κ1) is 10.0. The molecule has 1 N–H and O–H groups in total. The summed E-state index contributed by atoms with van der Waals surface area (Å²) in [5.41, 5.74) is 0. The van der Waals surface area contributed by atoms with Gasteiger partial charge in [0.1, 0.15) is 0 Å². The maximum absolute atomic E-state index is 3.47. The van der Waals surface area contributed by atoms with Gasteiger partial charge < -0.3 is 5.32 Å². The molecule has 0 aromatic rings. The Labute approximate surface area is 76.3 Å². The van der Waals surface area contributed by atoms with Crippen molar-refractivity contribution in [3.8, 4) is 0 Å². The Morgan fingerprint density at radius 1 is 1.58 bits per heavy atom. The molecule has 2 heteroatoms. The lowest BCUT2D eigenvalue weighted by Crippen LogP contribution is -2.52. The largest absolute Gasteiger partial charge is 0.312 e. The molecule has 72 valence electrons. The zero-order valence-corrected chi connectivity index (χ0v) is 8.64. The van der Waals surface area contributed by atoms with Crippen molar-refractivity contribution in [3.05, 3.63) is 0 Å². The van der Waals surface area contributed by atoms with E-state index in [0.29, 0.717) is 6.04 Å². The molecule has 1 fully saturated rings. The Morgan fingerprint density at radius 3 is 2.92 bits per heavy atom. The van der Waals surface area contributed by atoms with E-state index in [1.54, 1.807) is 0 Å². The summed E-state index contributed by atoms with van der Waals surface area (Å²) in [6.45, 7) is 10.5. The first-order valence-corrected chi connectivity index (χ1v) is 5.21. The van der Waals surface area contributed by atoms with Gasteiger partial charge in [0.2, 0.25) is 0 Å². The molecule has 1 heterocycles. The van der Waals surface area contributed by atoms with Crippen LogP contribution in [0.4, 0.5) is 0 Å². The molecule has 0 spiro atoms. The van der Waals surface area contributed by atoms with Crippen LogP contribution in [0.25, 0.3) is 0 Å². The number of hydrogen-bond donors (Lipinski definition) is 1. The minimum absolute atomic E-state index is 0.679. The first-order chi connectivity index (χ1) is 5.74. The van der Waals surface area contributed by atoms with Gasteiger partial charge in [0, 0.05) is 31.7 Å². The highest BCUT2D eigenvalue weighted by Crippen LogP contribution is 2.08. The van der Waals surface area contributed by atoms with E-state index >= 15 is 0 Å². The quantitative estimate of drug-likeness (QED) is 0.690. The zero-order chi connectivity index (χ0) is 8.97. The minimum atomic E-state index is 0.679. The number of rotatable bonds is 3. The second-order valence-electron chi connectivity index (χ2n) is 3.99. The van der Waals surface area contributed by atoms with Crippen molar-refractivity contribution in [1.82, 2.24) is 10.2 Å². The van der Waals surface area contributed by atoms with Crippen LogP contribution in [0.2, 0.25) is 0 Å². The van der Waals surface area contributed by atoms with Gasteiger partial charge in [-0.3, -0.25) is 4.90 Å². The molecular weight excluding hydrogens is 148 g/mol. The molecular formula is C10H22N2. The number of hydrogen-bond acceptors (Lipinski definition) is 2. The molecule has 0 aliphatic carbocycles. The van der Waals surface area contributed by atoms with Crippen molar-refractivity contribution in [2.24, 2.45) is 0 Å². The van der Waals surface area contributed by atoms with Gasteiger partial charge in [-0.1, -0.05) is 13.3 Å². The summed E-state index contributed by atoms with van der Waals surface area (Å²) in [6.07, 6.45) is 2.65. The summed E-state index contributed by atoms with van der Waals surface area (Å²) >= 11 is 0. The highest BCUT2D eigenvalue weighted by Gasteiger charge is 2.19. The van der Waals surface area contributed by atoms with Crippen molar-refractivity contribution in [2.45, 2.75) is 45.7 Å². The van der Waals surface area contributed by atoms with Crippen LogP contribution in [0.15, 0.2) is 0 Å². The van der Waals surface area contributed by atoms with Crippen LogP contribution in [0.5, 0.6) is 0 Å². The van der Waals surface area contributed by atoms with Gasteiger partial charge in [0.15, 0.2) is 0 Å². The minimum Gasteiger partial charge on any atom is -0.312 e. The molecule has 1 saturated heterocycles. The highest BCUT2D eigenvalue weighted by molar-refractivity contribution is 4.78. The number of nitrogens with one attached hydrogen (secondary N) is 1. The normalized spacial score (nSPS) is 28.8. The van der Waals surface area contributed by atoms with E-state index in [2.05, 4.69) is 31.0 Å². The molecule has 1 aliphatic heterocycles. The van der Waals surface area contributed by atoms with Gasteiger partial charge in [-0.05, 0) is 20.3 Å². The van der Waals surface area contributed by atoms with Crippen LogP contribution in [-0.2, 0) is 0 Å². The zero-order valence-electron chi connectivity index (χ0n) is 8.64. The van der Waals surface area contributed by atoms with E-state index in [4.69, 9.17) is 0 Å². The second kappa shape index (κ2) is 4.83. The van der Waals surface area contributed by atoms with Crippen LogP contribution >= 0.6 is 0 Å². The van der Waals surface area contributed by atoms with E-state index in [1.165, 1.54) is 25.9 Å². The molecule has 2 atom stereocenters. The molecule has 0 amide bonds. The summed E-state index contributed by atoms with van der Waals surface area (Å²) < 4.78 is 0. The molecule has 0 bridgehead atoms. The fourth-order valence-corrected chi connectivity index (χ4v) is 1.96. The fourth-order valence-electron chi connectivity index (χ4n) is 1.96. The van der Waals surface area contributed by atoms with Gasteiger partial charge in [-0.15, -0.1) is 0 Å².